The number of hydrogen-bond donors (Lipinski definition) is 0. The summed E-state index contributed by atoms with van der Waals surface area (Å²) >= 11 is 0. The van der Waals surface area contributed by atoms with Crippen molar-refractivity contribution in [3.8, 4) is 5.75 Å². The first kappa shape index (κ1) is 35.9. The zero-order valence-corrected chi connectivity index (χ0v) is 32.4. The number of hydrogen-bond acceptors (Lipinski definition) is 11. The van der Waals surface area contributed by atoms with Gasteiger partial charge in [-0.1, -0.05) is 12.1 Å². The normalized spacial score (nSPS) is 49.5. The fourth-order valence-electron chi connectivity index (χ4n) is 15.8. The molecule has 2 aromatic carbocycles. The molecule has 12 heterocycles. The van der Waals surface area contributed by atoms with E-state index < -0.39 is 50.0 Å². The van der Waals surface area contributed by atoms with Crippen molar-refractivity contribution in [2.24, 2.45) is 35.5 Å². The topological polar surface area (TPSA) is 139 Å². The number of halogens is 4. The molecule has 0 amide bonds. The van der Waals surface area contributed by atoms with Crippen LogP contribution in [0.15, 0.2) is 17.0 Å². The molecule has 0 aromatic heterocycles. The lowest BCUT2D eigenvalue weighted by molar-refractivity contribution is 0.00552. The van der Waals surface area contributed by atoms with Gasteiger partial charge in [0.2, 0.25) is 17.4 Å². The summed E-state index contributed by atoms with van der Waals surface area (Å²) in [5.74, 6) is -12.1. The minimum atomic E-state index is -5.99. The number of fused-ring (bicyclic) bond motifs is 27. The molecule has 12 aliphatic rings. The summed E-state index contributed by atoms with van der Waals surface area (Å²) in [5, 5.41) is 0. The molecule has 0 saturated carbocycles. The van der Waals surface area contributed by atoms with Crippen LogP contribution in [0.4, 0.5) is 17.6 Å². The van der Waals surface area contributed by atoms with Crippen molar-refractivity contribution < 1.29 is 68.5 Å². The molecule has 12 saturated heterocycles. The van der Waals surface area contributed by atoms with Gasteiger partial charge in [0.15, 0.2) is 11.6 Å². The Labute approximate surface area is 336 Å². The molecule has 0 radical (unpaired) electrons. The molecule has 2 aromatic rings. The Kier molecular flexibility index (Phi) is 7.20. The van der Waals surface area contributed by atoms with Gasteiger partial charge in [-0.2, -0.15) is 8.78 Å². The first-order valence-electron chi connectivity index (χ1n) is 21.6. The van der Waals surface area contributed by atoms with Gasteiger partial charge in [-0.15, -0.1) is 0 Å². The lowest BCUT2D eigenvalue weighted by atomic mass is 9.62. The van der Waals surface area contributed by atoms with Crippen molar-refractivity contribution in [1.82, 2.24) is 0 Å². The standard InChI is InChI=1S/C43H42F4O11S/c44-34-36(46)42(59(49,50)51)37(47)35(45)41(34)58-43(48)27-14(16-10-25-29-19-2-5-22(53-19)32(29)39(16)56-25)7-12(13-9-24-28-18-1-4-21(52-18)31(28)38(13)55-24)8-15(27)17-11-26-30-20-3-6-23(54-20)33(30)40(17)57-26/h7-8,13,16-26,28-33,38-40H,1-6,9-11H2,(H,49,50,51)/p-1. The largest absolute Gasteiger partial charge is 0.744 e. The summed E-state index contributed by atoms with van der Waals surface area (Å²) in [7, 11) is -5.99. The van der Waals surface area contributed by atoms with E-state index in [1.54, 1.807) is 0 Å². The van der Waals surface area contributed by atoms with E-state index in [0.717, 1.165) is 50.5 Å². The second-order valence-electron chi connectivity index (χ2n) is 19.6. The van der Waals surface area contributed by atoms with Gasteiger partial charge in [-0.05, 0) is 74.5 Å². The molecule has 11 nitrogen and oxygen atoms in total. The fourth-order valence-corrected chi connectivity index (χ4v) is 16.4. The number of carbonyl (C=O) groups is 1. The third-order valence-corrected chi connectivity index (χ3v) is 18.4. The summed E-state index contributed by atoms with van der Waals surface area (Å²) in [5.41, 5.74) is 2.15. The van der Waals surface area contributed by atoms with Crippen LogP contribution < -0.4 is 4.74 Å². The van der Waals surface area contributed by atoms with Gasteiger partial charge in [0.25, 0.3) is 0 Å². The average Bonchev–Trinajstić information content (AvgIpc) is 4.08. The number of esters is 1. The first-order chi connectivity index (χ1) is 28.4. The highest BCUT2D eigenvalue weighted by Crippen LogP contribution is 2.65. The SMILES string of the molecule is O=C(Oc1c(F)c(F)c(S(=O)(=O)[O-])c(F)c1F)c1c(C2CC3OC2C2C4CCC(O4)C32)cc(C2CC3OC2C2C4CCC(O4)C32)cc1C1CC2OC1C1C3CCC(O3)C21. The Morgan fingerprint density at radius 3 is 1.32 bits per heavy atom. The van der Waals surface area contributed by atoms with Crippen LogP contribution in [0.3, 0.4) is 0 Å². The van der Waals surface area contributed by atoms with Crippen LogP contribution in [0.25, 0.3) is 0 Å². The van der Waals surface area contributed by atoms with Crippen molar-refractivity contribution in [3.05, 3.63) is 57.7 Å². The summed E-state index contributed by atoms with van der Waals surface area (Å²) in [6.45, 7) is 0. The lowest BCUT2D eigenvalue weighted by Gasteiger charge is -2.38. The van der Waals surface area contributed by atoms with Gasteiger partial charge in [0.1, 0.15) is 15.0 Å². The van der Waals surface area contributed by atoms with Crippen molar-refractivity contribution in [2.45, 2.75) is 154 Å². The highest BCUT2D eigenvalue weighted by atomic mass is 32.2. The van der Waals surface area contributed by atoms with Gasteiger partial charge in [-0.25, -0.2) is 22.0 Å². The van der Waals surface area contributed by atoms with Crippen LogP contribution in [0.2, 0.25) is 0 Å². The molecular formula is C43H41F4O11S-. The van der Waals surface area contributed by atoms with Crippen LogP contribution >= 0.6 is 0 Å². The Morgan fingerprint density at radius 1 is 0.542 bits per heavy atom. The second-order valence-corrected chi connectivity index (χ2v) is 20.9. The van der Waals surface area contributed by atoms with E-state index in [0.29, 0.717) is 29.9 Å². The Morgan fingerprint density at radius 2 is 0.915 bits per heavy atom. The molecule has 14 rings (SSSR count). The summed E-state index contributed by atoms with van der Waals surface area (Å²) in [6.07, 6.45) is 7.28. The van der Waals surface area contributed by atoms with Crippen LogP contribution in [0, 0.1) is 58.8 Å². The van der Waals surface area contributed by atoms with Crippen LogP contribution in [-0.4, -0.2) is 92.2 Å². The lowest BCUT2D eigenvalue weighted by Crippen LogP contribution is -2.41. The molecular weight excluding hydrogens is 801 g/mol. The Balaban J connectivity index is 0.932. The number of benzene rings is 2. The van der Waals surface area contributed by atoms with E-state index in [1.807, 2.05) is 12.1 Å². The third kappa shape index (κ3) is 4.53. The van der Waals surface area contributed by atoms with E-state index >= 15 is 17.6 Å². The minimum absolute atomic E-state index is 0.00758. The Hall–Kier alpha value is -2.70. The zero-order chi connectivity index (χ0) is 39.7. The van der Waals surface area contributed by atoms with E-state index in [4.69, 9.17) is 33.2 Å². The molecule has 0 spiro atoms. The van der Waals surface area contributed by atoms with E-state index in [1.165, 1.54) is 0 Å². The fraction of sp³-hybridized carbons (Fsp3) is 0.698. The molecule has 21 unspecified atom stereocenters. The molecule has 16 heteroatoms. The Bertz CT molecular complexity index is 2260. The summed E-state index contributed by atoms with van der Waals surface area (Å²) in [6, 6.07) is 4.02. The molecule has 21 atom stereocenters. The van der Waals surface area contributed by atoms with Crippen molar-refractivity contribution in [1.29, 1.82) is 0 Å². The van der Waals surface area contributed by atoms with Crippen LogP contribution in [0.1, 0.15) is 103 Å². The van der Waals surface area contributed by atoms with Gasteiger partial charge >= 0.3 is 5.97 Å². The third-order valence-electron chi connectivity index (χ3n) is 17.5. The van der Waals surface area contributed by atoms with Crippen LogP contribution in [-0.2, 0) is 38.5 Å². The van der Waals surface area contributed by atoms with Crippen molar-refractivity contribution in [3.63, 3.8) is 0 Å². The van der Waals surface area contributed by atoms with Crippen molar-refractivity contribution in [2.75, 3.05) is 0 Å². The summed E-state index contributed by atoms with van der Waals surface area (Å²) in [4.78, 5) is 12.6. The molecule has 0 aliphatic carbocycles. The molecule has 12 fully saturated rings. The highest BCUT2D eigenvalue weighted by molar-refractivity contribution is 7.85. The molecule has 12 aliphatic heterocycles. The average molecular weight is 842 g/mol. The number of rotatable bonds is 6. The monoisotopic (exact) mass is 841 g/mol. The predicted octanol–water partition coefficient (Wildman–Crippen LogP) is 5.51. The highest BCUT2D eigenvalue weighted by Gasteiger charge is 2.69. The number of ether oxygens (including phenoxy) is 7. The molecule has 59 heavy (non-hydrogen) atoms. The second kappa shape index (κ2) is 11.9. The van der Waals surface area contributed by atoms with E-state index in [9.17, 15) is 17.8 Å². The van der Waals surface area contributed by atoms with Gasteiger partial charge < -0.3 is 37.7 Å². The molecule has 12 bridgehead atoms. The van der Waals surface area contributed by atoms with E-state index in [2.05, 4.69) is 0 Å². The quantitative estimate of drug-likeness (QED) is 0.120. The van der Waals surface area contributed by atoms with E-state index in [-0.39, 0.29) is 126 Å². The van der Waals surface area contributed by atoms with Crippen LogP contribution in [0.5, 0.6) is 5.75 Å². The van der Waals surface area contributed by atoms with Gasteiger partial charge in [-0.3, -0.25) is 0 Å². The molecule has 0 N–H and O–H groups in total. The van der Waals surface area contributed by atoms with Crippen molar-refractivity contribution >= 4 is 16.1 Å². The predicted molar refractivity (Wildman–Crippen MR) is 188 cm³/mol. The van der Waals surface area contributed by atoms with Gasteiger partial charge in [0.05, 0.1) is 78.8 Å². The maximum atomic E-state index is 15.6. The first-order valence-corrected chi connectivity index (χ1v) is 23.0. The zero-order valence-electron chi connectivity index (χ0n) is 31.6. The molecule has 314 valence electrons. The van der Waals surface area contributed by atoms with Gasteiger partial charge in [0, 0.05) is 53.3 Å². The maximum absolute atomic E-state index is 15.6. The smallest absolute Gasteiger partial charge is 0.344 e. The number of carbonyl (C=O) groups excluding carboxylic acids is 1. The summed E-state index contributed by atoms with van der Waals surface area (Å²) < 4.78 is 141. The minimum Gasteiger partial charge on any atom is -0.744 e. The maximum Gasteiger partial charge on any atom is 0.344 e.